The lowest BCUT2D eigenvalue weighted by Crippen LogP contribution is -2.32. The fourth-order valence-electron chi connectivity index (χ4n) is 3.36. The van der Waals surface area contributed by atoms with Crippen molar-refractivity contribution in [2.75, 3.05) is 13.1 Å². The highest BCUT2D eigenvalue weighted by atomic mass is 32.2. The van der Waals surface area contributed by atoms with E-state index in [0.29, 0.717) is 13.1 Å². The Morgan fingerprint density at radius 2 is 1.63 bits per heavy atom. The van der Waals surface area contributed by atoms with Gasteiger partial charge in [0, 0.05) is 18.7 Å². The fraction of sp³-hybridized carbons (Fsp3) is 0.381. The van der Waals surface area contributed by atoms with Crippen molar-refractivity contribution in [1.29, 1.82) is 0 Å². The Balaban J connectivity index is 1.76. The molecule has 2 aromatic rings. The van der Waals surface area contributed by atoms with Crippen LogP contribution in [0.1, 0.15) is 47.2 Å². The Bertz CT molecular complexity index is 997. The minimum absolute atomic E-state index is 0.0320. The van der Waals surface area contributed by atoms with Gasteiger partial charge in [0.25, 0.3) is 0 Å². The zero-order chi connectivity index (χ0) is 21.8. The molecule has 0 aromatic heterocycles. The molecule has 0 atom stereocenters. The third-order valence-electron chi connectivity index (χ3n) is 4.95. The summed E-state index contributed by atoms with van der Waals surface area (Å²) in [4.78, 5) is 12.3. The Morgan fingerprint density at radius 3 is 2.30 bits per heavy atom. The lowest BCUT2D eigenvalue weighted by molar-refractivity contribution is -0.138. The van der Waals surface area contributed by atoms with Gasteiger partial charge in [-0.2, -0.15) is 17.5 Å². The third-order valence-corrected chi connectivity index (χ3v) is 6.85. The SMILES string of the molecule is O=C(OCc1ccccc1C(F)(F)F)c1cccc(S(=O)(=O)N2CCCCCC2)c1. The molecule has 162 valence electrons. The second kappa shape index (κ2) is 9.18. The first-order valence-corrected chi connectivity index (χ1v) is 11.1. The van der Waals surface area contributed by atoms with E-state index in [2.05, 4.69) is 0 Å². The standard InChI is InChI=1S/C21H22F3NO4S/c22-21(23,24)19-11-4-3-8-17(19)15-29-20(26)16-9-7-10-18(14-16)30(27,28)25-12-5-1-2-6-13-25/h3-4,7-11,14H,1-2,5-6,12-13,15H2. The van der Waals surface area contributed by atoms with Gasteiger partial charge in [0.1, 0.15) is 6.61 Å². The van der Waals surface area contributed by atoms with Gasteiger partial charge in [0.15, 0.2) is 0 Å². The molecule has 0 aliphatic carbocycles. The van der Waals surface area contributed by atoms with Crippen LogP contribution in [-0.2, 0) is 27.5 Å². The Morgan fingerprint density at radius 1 is 0.967 bits per heavy atom. The van der Waals surface area contributed by atoms with E-state index in [4.69, 9.17) is 4.74 Å². The number of benzene rings is 2. The topological polar surface area (TPSA) is 63.7 Å². The van der Waals surface area contributed by atoms with Gasteiger partial charge in [-0.1, -0.05) is 37.1 Å². The van der Waals surface area contributed by atoms with Crippen molar-refractivity contribution < 1.29 is 31.1 Å². The monoisotopic (exact) mass is 441 g/mol. The van der Waals surface area contributed by atoms with E-state index in [1.165, 1.54) is 46.8 Å². The van der Waals surface area contributed by atoms with Crippen molar-refractivity contribution in [3.8, 4) is 0 Å². The molecule has 1 saturated heterocycles. The highest BCUT2D eigenvalue weighted by Crippen LogP contribution is 2.32. The van der Waals surface area contributed by atoms with Crippen LogP contribution in [0, 0.1) is 0 Å². The van der Waals surface area contributed by atoms with Crippen LogP contribution in [0.25, 0.3) is 0 Å². The molecule has 30 heavy (non-hydrogen) atoms. The summed E-state index contributed by atoms with van der Waals surface area (Å²) in [5.41, 5.74) is -1.09. The van der Waals surface area contributed by atoms with Crippen LogP contribution >= 0.6 is 0 Å². The summed E-state index contributed by atoms with van der Waals surface area (Å²) in [5, 5.41) is 0. The molecule has 2 aromatic carbocycles. The number of carbonyl (C=O) groups excluding carboxylic acids is 1. The highest BCUT2D eigenvalue weighted by Gasteiger charge is 2.33. The van der Waals surface area contributed by atoms with Crippen molar-refractivity contribution >= 4 is 16.0 Å². The Hall–Kier alpha value is -2.39. The number of hydrogen-bond donors (Lipinski definition) is 0. The summed E-state index contributed by atoms with van der Waals surface area (Å²) in [7, 11) is -3.76. The van der Waals surface area contributed by atoms with Gasteiger partial charge in [0.05, 0.1) is 16.0 Å². The molecule has 0 spiro atoms. The van der Waals surface area contributed by atoms with Crippen molar-refractivity contribution in [3.05, 3.63) is 65.2 Å². The highest BCUT2D eigenvalue weighted by molar-refractivity contribution is 7.89. The lowest BCUT2D eigenvalue weighted by Gasteiger charge is -2.20. The average Bonchev–Trinajstić information content (AvgIpc) is 3.02. The molecule has 0 N–H and O–H groups in total. The van der Waals surface area contributed by atoms with Gasteiger partial charge >= 0.3 is 12.1 Å². The van der Waals surface area contributed by atoms with Crippen LogP contribution in [-0.4, -0.2) is 31.8 Å². The van der Waals surface area contributed by atoms with E-state index in [9.17, 15) is 26.4 Å². The summed E-state index contributed by atoms with van der Waals surface area (Å²) in [6.07, 6.45) is -1.07. The summed E-state index contributed by atoms with van der Waals surface area (Å²) in [5.74, 6) is -0.889. The van der Waals surface area contributed by atoms with E-state index in [1.807, 2.05) is 0 Å². The molecule has 0 radical (unpaired) electrons. The summed E-state index contributed by atoms with van der Waals surface area (Å²) >= 11 is 0. The molecule has 0 amide bonds. The van der Waals surface area contributed by atoms with Gasteiger partial charge in [-0.05, 0) is 37.1 Å². The normalized spacial score (nSPS) is 16.1. The van der Waals surface area contributed by atoms with Crippen molar-refractivity contribution in [3.63, 3.8) is 0 Å². The minimum Gasteiger partial charge on any atom is -0.457 e. The zero-order valence-corrected chi connectivity index (χ0v) is 17.0. The first-order chi connectivity index (χ1) is 14.2. The molecule has 5 nitrogen and oxygen atoms in total. The van der Waals surface area contributed by atoms with E-state index < -0.39 is 34.3 Å². The second-order valence-electron chi connectivity index (χ2n) is 7.08. The van der Waals surface area contributed by atoms with Gasteiger partial charge in [-0.15, -0.1) is 0 Å². The van der Waals surface area contributed by atoms with Crippen LogP contribution < -0.4 is 0 Å². The Kier molecular flexibility index (Phi) is 6.82. The van der Waals surface area contributed by atoms with Gasteiger partial charge in [-0.25, -0.2) is 13.2 Å². The molecule has 1 fully saturated rings. The van der Waals surface area contributed by atoms with Crippen LogP contribution in [0.2, 0.25) is 0 Å². The Labute approximate surface area is 173 Å². The smallest absolute Gasteiger partial charge is 0.416 e. The largest absolute Gasteiger partial charge is 0.457 e. The number of carbonyl (C=O) groups is 1. The van der Waals surface area contributed by atoms with Crippen LogP contribution in [0.15, 0.2) is 53.4 Å². The van der Waals surface area contributed by atoms with Gasteiger partial charge in [-0.3, -0.25) is 0 Å². The molecule has 0 saturated carbocycles. The first kappa shape index (κ1) is 22.3. The summed E-state index contributed by atoms with van der Waals surface area (Å²) in [6, 6.07) is 10.2. The first-order valence-electron chi connectivity index (χ1n) is 9.62. The quantitative estimate of drug-likeness (QED) is 0.635. The van der Waals surface area contributed by atoms with Crippen LogP contribution in [0.4, 0.5) is 13.2 Å². The van der Waals surface area contributed by atoms with Crippen molar-refractivity contribution in [2.24, 2.45) is 0 Å². The maximum atomic E-state index is 13.1. The summed E-state index contributed by atoms with van der Waals surface area (Å²) < 4.78 is 71.5. The number of hydrogen-bond acceptors (Lipinski definition) is 4. The number of alkyl halides is 3. The van der Waals surface area contributed by atoms with Crippen molar-refractivity contribution in [2.45, 2.75) is 43.4 Å². The lowest BCUT2D eigenvalue weighted by atomic mass is 10.1. The molecule has 0 bridgehead atoms. The molecule has 1 aliphatic rings. The maximum Gasteiger partial charge on any atom is 0.416 e. The van der Waals surface area contributed by atoms with Crippen LogP contribution in [0.3, 0.4) is 0 Å². The number of halogens is 3. The third kappa shape index (κ3) is 5.20. The predicted octanol–water partition coefficient (Wildman–Crippen LogP) is 4.63. The number of sulfonamides is 1. The number of ether oxygens (including phenoxy) is 1. The van der Waals surface area contributed by atoms with Gasteiger partial charge in [0.2, 0.25) is 10.0 Å². The van der Waals surface area contributed by atoms with Crippen molar-refractivity contribution in [1.82, 2.24) is 4.31 Å². The molecule has 3 rings (SSSR count). The van der Waals surface area contributed by atoms with Gasteiger partial charge < -0.3 is 4.74 Å². The van der Waals surface area contributed by atoms with Crippen LogP contribution in [0.5, 0.6) is 0 Å². The fourth-order valence-corrected chi connectivity index (χ4v) is 4.93. The zero-order valence-electron chi connectivity index (χ0n) is 16.2. The van der Waals surface area contributed by atoms with E-state index in [1.54, 1.807) is 0 Å². The molecule has 1 aliphatic heterocycles. The van der Waals surface area contributed by atoms with E-state index in [-0.39, 0.29) is 16.0 Å². The molecule has 0 unspecified atom stereocenters. The predicted molar refractivity (Wildman–Crippen MR) is 104 cm³/mol. The molecule has 9 heteroatoms. The minimum atomic E-state index is -4.57. The molecular weight excluding hydrogens is 419 g/mol. The number of nitrogens with zero attached hydrogens (tertiary/aromatic N) is 1. The molecule has 1 heterocycles. The second-order valence-corrected chi connectivity index (χ2v) is 9.02. The van der Waals surface area contributed by atoms with E-state index in [0.717, 1.165) is 31.7 Å². The number of esters is 1. The summed E-state index contributed by atoms with van der Waals surface area (Å²) in [6.45, 7) is 0.272. The maximum absolute atomic E-state index is 13.1. The van der Waals surface area contributed by atoms with E-state index >= 15 is 0 Å². The number of rotatable bonds is 5. The average molecular weight is 441 g/mol. The molecular formula is C21H22F3NO4S.